The molecule has 1 N–H and O–H groups in total. The van der Waals surface area contributed by atoms with Crippen LogP contribution in [0, 0.1) is 0 Å². The second-order valence-corrected chi connectivity index (χ2v) is 6.01. The second kappa shape index (κ2) is 8.28. The van der Waals surface area contributed by atoms with Crippen molar-refractivity contribution in [1.82, 2.24) is 5.32 Å². The van der Waals surface area contributed by atoms with Crippen LogP contribution >= 0.6 is 0 Å². The topological polar surface area (TPSA) is 24.5 Å². The molecule has 3 nitrogen and oxygen atoms in total. The minimum absolute atomic E-state index is 0.134. The van der Waals surface area contributed by atoms with Crippen molar-refractivity contribution < 1.29 is 4.74 Å². The summed E-state index contributed by atoms with van der Waals surface area (Å²) in [5.74, 6) is 0. The quantitative estimate of drug-likeness (QED) is 0.737. The van der Waals surface area contributed by atoms with E-state index in [-0.39, 0.29) is 5.54 Å². The van der Waals surface area contributed by atoms with Crippen LogP contribution in [0.4, 0.5) is 5.69 Å². The van der Waals surface area contributed by atoms with Gasteiger partial charge in [0.1, 0.15) is 0 Å². The number of benzene rings is 1. The molecule has 0 radical (unpaired) electrons. The van der Waals surface area contributed by atoms with Crippen LogP contribution in [0.15, 0.2) is 24.3 Å². The van der Waals surface area contributed by atoms with Crippen molar-refractivity contribution in [1.29, 1.82) is 0 Å². The number of para-hydroxylation sites is 1. The molecule has 114 valence electrons. The Kier molecular flexibility index (Phi) is 7.03. The molecule has 1 rings (SSSR count). The van der Waals surface area contributed by atoms with E-state index < -0.39 is 0 Å². The molecule has 0 fully saturated rings. The minimum atomic E-state index is 0.134. The van der Waals surface area contributed by atoms with E-state index in [2.05, 4.69) is 62.2 Å². The smallest absolute Gasteiger partial charge is 0.0641 e. The first kappa shape index (κ1) is 17.0. The second-order valence-electron chi connectivity index (χ2n) is 6.01. The summed E-state index contributed by atoms with van der Waals surface area (Å²) in [6, 6.07) is 8.63. The Balaban J connectivity index is 2.76. The highest BCUT2D eigenvalue weighted by molar-refractivity contribution is 5.53. The van der Waals surface area contributed by atoms with Gasteiger partial charge in [-0.3, -0.25) is 0 Å². The molecule has 1 aromatic rings. The molecule has 0 saturated carbocycles. The van der Waals surface area contributed by atoms with Crippen molar-refractivity contribution >= 4 is 5.69 Å². The summed E-state index contributed by atoms with van der Waals surface area (Å²) in [7, 11) is 0. The largest absolute Gasteiger partial charge is 0.380 e. The highest BCUT2D eigenvalue weighted by Crippen LogP contribution is 2.20. The first-order valence-corrected chi connectivity index (χ1v) is 7.63. The number of hydrogen-bond acceptors (Lipinski definition) is 3. The molecule has 3 heteroatoms. The van der Waals surface area contributed by atoms with Crippen LogP contribution < -0.4 is 10.2 Å². The fourth-order valence-corrected chi connectivity index (χ4v) is 2.10. The molecule has 1 aromatic carbocycles. The van der Waals surface area contributed by atoms with Gasteiger partial charge in [0.25, 0.3) is 0 Å². The van der Waals surface area contributed by atoms with Crippen molar-refractivity contribution in [3.8, 4) is 0 Å². The molecule has 0 aromatic heterocycles. The van der Waals surface area contributed by atoms with E-state index in [0.29, 0.717) is 0 Å². The zero-order valence-corrected chi connectivity index (χ0v) is 13.7. The molecule has 20 heavy (non-hydrogen) atoms. The van der Waals surface area contributed by atoms with Crippen LogP contribution in [0.25, 0.3) is 0 Å². The van der Waals surface area contributed by atoms with E-state index in [1.165, 1.54) is 11.3 Å². The maximum absolute atomic E-state index is 5.48. The van der Waals surface area contributed by atoms with Crippen LogP contribution in [0.3, 0.4) is 0 Å². The molecule has 0 aliphatic carbocycles. The van der Waals surface area contributed by atoms with Crippen LogP contribution in [-0.2, 0) is 11.3 Å². The van der Waals surface area contributed by atoms with E-state index in [0.717, 1.165) is 32.8 Å². The average Bonchev–Trinajstić information content (AvgIpc) is 2.41. The van der Waals surface area contributed by atoms with E-state index in [9.17, 15) is 0 Å². The van der Waals surface area contributed by atoms with Gasteiger partial charge in [-0.2, -0.15) is 0 Å². The molecule has 0 aliphatic heterocycles. The standard InChI is InChI=1S/C17H30N2O/c1-6-19(12-13-20-7-2)16-11-9-8-10-15(16)14-18-17(3,4)5/h8-11,18H,6-7,12-14H2,1-5H3. The molecule has 0 amide bonds. The number of hydrogen-bond donors (Lipinski definition) is 1. The van der Waals surface area contributed by atoms with Gasteiger partial charge in [-0.1, -0.05) is 18.2 Å². The Morgan fingerprint density at radius 2 is 1.85 bits per heavy atom. The Labute approximate surface area is 124 Å². The summed E-state index contributed by atoms with van der Waals surface area (Å²) in [6.07, 6.45) is 0. The maximum atomic E-state index is 5.48. The van der Waals surface area contributed by atoms with Crippen LogP contribution in [0.5, 0.6) is 0 Å². The van der Waals surface area contributed by atoms with Crippen LogP contribution in [0.1, 0.15) is 40.2 Å². The predicted octanol–water partition coefficient (Wildman–Crippen LogP) is 3.44. The minimum Gasteiger partial charge on any atom is -0.380 e. The van der Waals surface area contributed by atoms with Gasteiger partial charge in [0, 0.05) is 37.5 Å². The van der Waals surface area contributed by atoms with Gasteiger partial charge in [0.2, 0.25) is 0 Å². The SMILES string of the molecule is CCOCCN(CC)c1ccccc1CNC(C)(C)C. The molecule has 0 aliphatic rings. The number of ether oxygens (including phenoxy) is 1. The number of nitrogens with one attached hydrogen (secondary N) is 1. The molecule has 0 bridgehead atoms. The van der Waals surface area contributed by atoms with Gasteiger partial charge in [0.05, 0.1) is 6.61 Å². The van der Waals surface area contributed by atoms with Gasteiger partial charge < -0.3 is 15.0 Å². The summed E-state index contributed by atoms with van der Waals surface area (Å²) in [6.45, 7) is 15.2. The average molecular weight is 278 g/mol. The summed E-state index contributed by atoms with van der Waals surface area (Å²) < 4.78 is 5.48. The fourth-order valence-electron chi connectivity index (χ4n) is 2.10. The van der Waals surface area contributed by atoms with Crippen LogP contribution in [0.2, 0.25) is 0 Å². The highest BCUT2D eigenvalue weighted by Gasteiger charge is 2.12. The lowest BCUT2D eigenvalue weighted by Gasteiger charge is -2.27. The molecule has 0 unspecified atom stereocenters. The van der Waals surface area contributed by atoms with E-state index >= 15 is 0 Å². The number of likely N-dealkylation sites (N-methyl/N-ethyl adjacent to an activating group) is 1. The first-order chi connectivity index (χ1) is 9.48. The van der Waals surface area contributed by atoms with Gasteiger partial charge in [-0.25, -0.2) is 0 Å². The van der Waals surface area contributed by atoms with Crippen molar-refractivity contribution in [3.05, 3.63) is 29.8 Å². The number of rotatable bonds is 8. The van der Waals surface area contributed by atoms with Crippen molar-refractivity contribution in [3.63, 3.8) is 0 Å². The monoisotopic (exact) mass is 278 g/mol. The number of anilines is 1. The summed E-state index contributed by atoms with van der Waals surface area (Å²) >= 11 is 0. The van der Waals surface area contributed by atoms with Crippen molar-refractivity contribution in [2.24, 2.45) is 0 Å². The Morgan fingerprint density at radius 1 is 1.15 bits per heavy atom. The summed E-state index contributed by atoms with van der Waals surface area (Å²) in [5.41, 5.74) is 2.79. The normalized spacial score (nSPS) is 11.7. The third-order valence-electron chi connectivity index (χ3n) is 3.23. The molecular weight excluding hydrogens is 248 g/mol. The third kappa shape index (κ3) is 5.93. The Morgan fingerprint density at radius 3 is 2.45 bits per heavy atom. The van der Waals surface area contributed by atoms with Gasteiger partial charge >= 0.3 is 0 Å². The molecule has 0 heterocycles. The van der Waals surface area contributed by atoms with E-state index in [1.54, 1.807) is 0 Å². The lowest BCUT2D eigenvalue weighted by Crippen LogP contribution is -2.36. The first-order valence-electron chi connectivity index (χ1n) is 7.63. The van der Waals surface area contributed by atoms with E-state index in [4.69, 9.17) is 4.74 Å². The fraction of sp³-hybridized carbons (Fsp3) is 0.647. The summed E-state index contributed by atoms with van der Waals surface area (Å²) in [4.78, 5) is 2.38. The summed E-state index contributed by atoms with van der Waals surface area (Å²) in [5, 5.41) is 3.57. The van der Waals surface area contributed by atoms with Gasteiger partial charge in [-0.05, 0) is 46.2 Å². The van der Waals surface area contributed by atoms with Crippen LogP contribution in [-0.4, -0.2) is 31.8 Å². The lowest BCUT2D eigenvalue weighted by atomic mass is 10.1. The molecular formula is C17H30N2O. The molecule has 0 saturated heterocycles. The third-order valence-corrected chi connectivity index (χ3v) is 3.23. The molecule has 0 atom stereocenters. The number of nitrogens with zero attached hydrogens (tertiary/aromatic N) is 1. The van der Waals surface area contributed by atoms with Crippen molar-refractivity contribution in [2.75, 3.05) is 31.2 Å². The molecule has 0 spiro atoms. The highest BCUT2D eigenvalue weighted by atomic mass is 16.5. The predicted molar refractivity (Wildman–Crippen MR) is 87.4 cm³/mol. The van der Waals surface area contributed by atoms with E-state index in [1.807, 2.05) is 6.92 Å². The zero-order chi connectivity index (χ0) is 15.0. The maximum Gasteiger partial charge on any atom is 0.0641 e. The van der Waals surface area contributed by atoms with Gasteiger partial charge in [0.15, 0.2) is 0 Å². The Hall–Kier alpha value is -1.06. The van der Waals surface area contributed by atoms with Gasteiger partial charge in [-0.15, -0.1) is 0 Å². The van der Waals surface area contributed by atoms with Crippen molar-refractivity contribution in [2.45, 2.75) is 46.7 Å². The Bertz CT molecular complexity index is 385. The zero-order valence-electron chi connectivity index (χ0n) is 13.7. The lowest BCUT2D eigenvalue weighted by molar-refractivity contribution is 0.154.